The van der Waals surface area contributed by atoms with Crippen molar-refractivity contribution < 1.29 is 9.53 Å². The fourth-order valence-electron chi connectivity index (χ4n) is 2.54. The van der Waals surface area contributed by atoms with Crippen molar-refractivity contribution in [1.82, 2.24) is 10.6 Å². The molecule has 0 atom stereocenters. The Morgan fingerprint density at radius 2 is 1.78 bits per heavy atom. The van der Waals surface area contributed by atoms with Crippen LogP contribution in [0.5, 0.6) is 5.75 Å². The molecule has 6 nitrogen and oxygen atoms in total. The van der Waals surface area contributed by atoms with Crippen LogP contribution in [0, 0.1) is 6.92 Å². The van der Waals surface area contributed by atoms with Crippen LogP contribution >= 0.6 is 0 Å². The molecule has 1 amide bonds. The lowest BCUT2D eigenvalue weighted by Crippen LogP contribution is -2.36. The summed E-state index contributed by atoms with van der Waals surface area (Å²) in [5.41, 5.74) is 9.02. The van der Waals surface area contributed by atoms with Crippen LogP contribution in [0.2, 0.25) is 0 Å². The molecule has 27 heavy (non-hydrogen) atoms. The predicted molar refractivity (Wildman–Crippen MR) is 109 cm³/mol. The number of carbonyl (C=O) groups is 1. The van der Waals surface area contributed by atoms with Crippen LogP contribution in [0.25, 0.3) is 0 Å². The first-order valence-corrected chi connectivity index (χ1v) is 8.98. The maximum atomic E-state index is 11.1. The number of hydrogen-bond donors (Lipinski definition) is 3. The van der Waals surface area contributed by atoms with Gasteiger partial charge in [-0.2, -0.15) is 0 Å². The molecule has 2 aromatic rings. The molecule has 2 rings (SSSR count). The number of hydrogen-bond acceptors (Lipinski definition) is 3. The Morgan fingerprint density at radius 1 is 1.11 bits per heavy atom. The highest BCUT2D eigenvalue weighted by atomic mass is 16.5. The maximum absolute atomic E-state index is 11.1. The van der Waals surface area contributed by atoms with Gasteiger partial charge in [0.1, 0.15) is 5.75 Å². The van der Waals surface area contributed by atoms with E-state index in [1.807, 2.05) is 39.0 Å². The number of amides is 1. The zero-order valence-corrected chi connectivity index (χ0v) is 16.4. The first-order chi connectivity index (χ1) is 12.9. The number of nitrogens with one attached hydrogen (secondary N) is 2. The third kappa shape index (κ3) is 6.33. The van der Waals surface area contributed by atoms with E-state index in [4.69, 9.17) is 10.5 Å². The summed E-state index contributed by atoms with van der Waals surface area (Å²) in [4.78, 5) is 15.4. The molecule has 2 aromatic carbocycles. The van der Waals surface area contributed by atoms with Gasteiger partial charge in [-0.3, -0.25) is 9.79 Å². The van der Waals surface area contributed by atoms with Crippen LogP contribution in [0.4, 0.5) is 0 Å². The second-order valence-corrected chi connectivity index (χ2v) is 6.62. The van der Waals surface area contributed by atoms with Crippen molar-refractivity contribution in [2.24, 2.45) is 10.7 Å². The van der Waals surface area contributed by atoms with Gasteiger partial charge < -0.3 is 21.1 Å². The van der Waals surface area contributed by atoms with Gasteiger partial charge in [0.25, 0.3) is 0 Å². The first-order valence-electron chi connectivity index (χ1n) is 8.98. The molecule has 0 fully saturated rings. The van der Waals surface area contributed by atoms with E-state index in [1.54, 1.807) is 19.2 Å². The number of benzene rings is 2. The maximum Gasteiger partial charge on any atom is 0.248 e. The quantitative estimate of drug-likeness (QED) is 0.518. The number of carbonyl (C=O) groups excluding carboxylic acids is 1. The SMILES string of the molecule is CN=C(NCc1ccc(C(N)=O)cc1)NCc1ccc(C)cc1OC(C)C. The monoisotopic (exact) mass is 368 g/mol. The molecule has 0 aliphatic rings. The number of aryl methyl sites for hydroxylation is 1. The molecule has 0 aromatic heterocycles. The van der Waals surface area contributed by atoms with E-state index in [0.29, 0.717) is 24.6 Å². The van der Waals surface area contributed by atoms with E-state index < -0.39 is 5.91 Å². The number of ether oxygens (including phenoxy) is 1. The van der Waals surface area contributed by atoms with Crippen molar-refractivity contribution >= 4 is 11.9 Å². The van der Waals surface area contributed by atoms with Crippen LogP contribution in [0.1, 0.15) is 40.9 Å². The summed E-state index contributed by atoms with van der Waals surface area (Å²) in [6, 6.07) is 13.4. The Labute approximate surface area is 160 Å². The number of nitrogens with two attached hydrogens (primary N) is 1. The van der Waals surface area contributed by atoms with Gasteiger partial charge >= 0.3 is 0 Å². The predicted octanol–water partition coefficient (Wildman–Crippen LogP) is 2.75. The third-order valence-corrected chi connectivity index (χ3v) is 3.95. The Balaban J connectivity index is 1.95. The van der Waals surface area contributed by atoms with Gasteiger partial charge in [-0.1, -0.05) is 24.3 Å². The van der Waals surface area contributed by atoms with E-state index in [1.165, 1.54) is 0 Å². The zero-order valence-electron chi connectivity index (χ0n) is 16.4. The van der Waals surface area contributed by atoms with Crippen LogP contribution < -0.4 is 21.1 Å². The van der Waals surface area contributed by atoms with E-state index in [2.05, 4.69) is 27.8 Å². The van der Waals surface area contributed by atoms with E-state index in [9.17, 15) is 4.79 Å². The molecule has 0 radical (unpaired) electrons. The Hall–Kier alpha value is -3.02. The second-order valence-electron chi connectivity index (χ2n) is 6.62. The van der Waals surface area contributed by atoms with Crippen molar-refractivity contribution in [3.63, 3.8) is 0 Å². The normalized spacial score (nSPS) is 11.4. The van der Waals surface area contributed by atoms with Gasteiger partial charge in [0, 0.05) is 31.3 Å². The highest BCUT2D eigenvalue weighted by molar-refractivity contribution is 5.92. The van der Waals surface area contributed by atoms with Crippen molar-refractivity contribution in [2.75, 3.05) is 7.05 Å². The number of nitrogens with zero attached hydrogens (tertiary/aromatic N) is 1. The second kappa shape index (κ2) is 9.62. The average molecular weight is 368 g/mol. The summed E-state index contributed by atoms with van der Waals surface area (Å²) in [5.74, 6) is 1.14. The van der Waals surface area contributed by atoms with Crippen LogP contribution in [0.3, 0.4) is 0 Å². The van der Waals surface area contributed by atoms with E-state index in [0.717, 1.165) is 22.4 Å². The molecule has 0 saturated carbocycles. The van der Waals surface area contributed by atoms with Gasteiger partial charge in [-0.25, -0.2) is 0 Å². The molecular formula is C21H28N4O2. The van der Waals surface area contributed by atoms with Crippen molar-refractivity contribution in [1.29, 1.82) is 0 Å². The first kappa shape index (κ1) is 20.3. The third-order valence-electron chi connectivity index (χ3n) is 3.95. The summed E-state index contributed by atoms with van der Waals surface area (Å²) in [6.45, 7) is 7.27. The van der Waals surface area contributed by atoms with Crippen LogP contribution in [-0.4, -0.2) is 25.0 Å². The Morgan fingerprint density at radius 3 is 2.37 bits per heavy atom. The molecular weight excluding hydrogens is 340 g/mol. The Bertz CT molecular complexity index is 798. The van der Waals surface area contributed by atoms with Crippen molar-refractivity contribution in [2.45, 2.75) is 40.0 Å². The minimum Gasteiger partial charge on any atom is -0.491 e. The smallest absolute Gasteiger partial charge is 0.248 e. The lowest BCUT2D eigenvalue weighted by molar-refractivity contribution is 0.100. The fraction of sp³-hybridized carbons (Fsp3) is 0.333. The van der Waals surface area contributed by atoms with Gasteiger partial charge in [0.2, 0.25) is 5.91 Å². The van der Waals surface area contributed by atoms with E-state index >= 15 is 0 Å². The van der Waals surface area contributed by atoms with Crippen molar-refractivity contribution in [3.05, 3.63) is 64.7 Å². The molecule has 0 aliphatic carbocycles. The van der Waals surface area contributed by atoms with Gasteiger partial charge in [-0.15, -0.1) is 0 Å². The highest BCUT2D eigenvalue weighted by Crippen LogP contribution is 2.21. The summed E-state index contributed by atoms with van der Waals surface area (Å²) < 4.78 is 5.91. The van der Waals surface area contributed by atoms with Crippen molar-refractivity contribution in [3.8, 4) is 5.75 Å². The largest absolute Gasteiger partial charge is 0.491 e. The number of rotatable bonds is 7. The molecule has 4 N–H and O–H groups in total. The fourth-order valence-corrected chi connectivity index (χ4v) is 2.54. The number of primary amides is 1. The van der Waals surface area contributed by atoms with Crippen LogP contribution in [-0.2, 0) is 13.1 Å². The Kier molecular flexibility index (Phi) is 7.23. The molecule has 144 valence electrons. The lowest BCUT2D eigenvalue weighted by atomic mass is 10.1. The summed E-state index contributed by atoms with van der Waals surface area (Å²) in [6.07, 6.45) is 0.117. The van der Waals surface area contributed by atoms with Crippen LogP contribution in [0.15, 0.2) is 47.5 Å². The number of guanidine groups is 1. The van der Waals surface area contributed by atoms with Gasteiger partial charge in [0.05, 0.1) is 6.10 Å². The average Bonchev–Trinajstić information content (AvgIpc) is 2.63. The minimum absolute atomic E-state index is 0.117. The minimum atomic E-state index is -0.426. The summed E-state index contributed by atoms with van der Waals surface area (Å²) >= 11 is 0. The zero-order chi connectivity index (χ0) is 19.8. The molecule has 0 heterocycles. The molecule has 0 spiro atoms. The van der Waals surface area contributed by atoms with E-state index in [-0.39, 0.29) is 6.10 Å². The lowest BCUT2D eigenvalue weighted by Gasteiger charge is -2.17. The van der Waals surface area contributed by atoms with Gasteiger partial charge in [-0.05, 0) is 50.1 Å². The molecule has 0 aliphatic heterocycles. The standard InChI is InChI=1S/C21H28N4O2/c1-14(2)27-19-11-15(3)5-8-18(19)13-25-21(23-4)24-12-16-6-9-17(10-7-16)20(22)26/h5-11,14H,12-13H2,1-4H3,(H2,22,26)(H2,23,24,25). The summed E-state index contributed by atoms with van der Waals surface area (Å²) in [7, 11) is 1.73. The highest BCUT2D eigenvalue weighted by Gasteiger charge is 2.08. The topological polar surface area (TPSA) is 88.7 Å². The molecule has 0 unspecified atom stereocenters. The molecule has 0 saturated heterocycles. The number of aliphatic imine (C=N–C) groups is 1. The molecule has 6 heteroatoms. The summed E-state index contributed by atoms with van der Waals surface area (Å²) in [5, 5.41) is 6.56. The van der Waals surface area contributed by atoms with Gasteiger partial charge in [0.15, 0.2) is 5.96 Å². The molecule has 0 bridgehead atoms.